The molecule has 0 aromatic heterocycles. The van der Waals surface area contributed by atoms with E-state index in [4.69, 9.17) is 5.11 Å². The lowest BCUT2D eigenvalue weighted by Gasteiger charge is -2.20. The first-order valence-corrected chi connectivity index (χ1v) is 6.06. The number of carbonyl (C=O) groups is 2. The van der Waals surface area contributed by atoms with Crippen molar-refractivity contribution in [2.45, 2.75) is 33.2 Å². The van der Waals surface area contributed by atoms with Gasteiger partial charge in [0.05, 0.1) is 0 Å². The van der Waals surface area contributed by atoms with Crippen LogP contribution in [0.15, 0.2) is 24.3 Å². The molecule has 0 radical (unpaired) electrons. The van der Waals surface area contributed by atoms with E-state index in [0.29, 0.717) is 12.0 Å². The molecule has 98 valence electrons. The molecule has 0 saturated heterocycles. The van der Waals surface area contributed by atoms with Gasteiger partial charge in [0.2, 0.25) is 0 Å². The summed E-state index contributed by atoms with van der Waals surface area (Å²) >= 11 is 0. The SMILES string of the molecule is CCC(C)C(NC(=O)c1cccc(C)c1)C(=O)O. The topological polar surface area (TPSA) is 66.4 Å². The monoisotopic (exact) mass is 249 g/mol. The predicted octanol–water partition coefficient (Wildman–Crippen LogP) is 2.22. The molecule has 2 N–H and O–H groups in total. The van der Waals surface area contributed by atoms with Crippen LogP contribution in [-0.4, -0.2) is 23.0 Å². The molecule has 1 rings (SSSR count). The number of hydrogen-bond donors (Lipinski definition) is 2. The van der Waals surface area contributed by atoms with Crippen LogP contribution >= 0.6 is 0 Å². The summed E-state index contributed by atoms with van der Waals surface area (Å²) < 4.78 is 0. The number of aliphatic carboxylic acids is 1. The summed E-state index contributed by atoms with van der Waals surface area (Å²) in [6.45, 7) is 5.61. The van der Waals surface area contributed by atoms with Gasteiger partial charge in [0, 0.05) is 5.56 Å². The fourth-order valence-corrected chi connectivity index (χ4v) is 1.69. The van der Waals surface area contributed by atoms with Gasteiger partial charge in [-0.1, -0.05) is 38.0 Å². The van der Waals surface area contributed by atoms with Crippen molar-refractivity contribution in [1.82, 2.24) is 5.32 Å². The highest BCUT2D eigenvalue weighted by atomic mass is 16.4. The van der Waals surface area contributed by atoms with Crippen molar-refractivity contribution in [3.8, 4) is 0 Å². The van der Waals surface area contributed by atoms with Gasteiger partial charge in [-0.15, -0.1) is 0 Å². The van der Waals surface area contributed by atoms with Gasteiger partial charge in [0.25, 0.3) is 5.91 Å². The molecule has 2 unspecified atom stereocenters. The van der Waals surface area contributed by atoms with Crippen LogP contribution in [0.3, 0.4) is 0 Å². The fraction of sp³-hybridized carbons (Fsp3) is 0.429. The number of amides is 1. The van der Waals surface area contributed by atoms with Crippen LogP contribution in [0.4, 0.5) is 0 Å². The molecule has 0 spiro atoms. The number of carboxylic acids is 1. The Morgan fingerprint density at radius 1 is 1.39 bits per heavy atom. The quantitative estimate of drug-likeness (QED) is 0.841. The first kappa shape index (κ1) is 14.2. The Labute approximate surface area is 107 Å². The van der Waals surface area contributed by atoms with Crippen molar-refractivity contribution >= 4 is 11.9 Å². The zero-order valence-corrected chi connectivity index (χ0v) is 10.9. The number of hydrogen-bond acceptors (Lipinski definition) is 2. The van der Waals surface area contributed by atoms with E-state index < -0.39 is 12.0 Å². The van der Waals surface area contributed by atoms with E-state index in [1.807, 2.05) is 26.8 Å². The van der Waals surface area contributed by atoms with Crippen LogP contribution < -0.4 is 5.32 Å². The van der Waals surface area contributed by atoms with Crippen molar-refractivity contribution in [3.63, 3.8) is 0 Å². The molecule has 0 fully saturated rings. The molecule has 1 aromatic carbocycles. The molecule has 4 heteroatoms. The first-order valence-electron chi connectivity index (χ1n) is 6.06. The summed E-state index contributed by atoms with van der Waals surface area (Å²) in [5.41, 5.74) is 1.46. The minimum absolute atomic E-state index is 0.101. The Morgan fingerprint density at radius 3 is 2.56 bits per heavy atom. The lowest BCUT2D eigenvalue weighted by Crippen LogP contribution is -2.45. The summed E-state index contributed by atoms with van der Waals surface area (Å²) in [4.78, 5) is 23.1. The highest BCUT2D eigenvalue weighted by Crippen LogP contribution is 2.10. The van der Waals surface area contributed by atoms with E-state index in [-0.39, 0.29) is 11.8 Å². The largest absolute Gasteiger partial charge is 0.480 e. The number of rotatable bonds is 5. The van der Waals surface area contributed by atoms with Crippen molar-refractivity contribution in [2.75, 3.05) is 0 Å². The van der Waals surface area contributed by atoms with Crippen molar-refractivity contribution in [1.29, 1.82) is 0 Å². The minimum atomic E-state index is -0.995. The molecule has 0 heterocycles. The third kappa shape index (κ3) is 3.58. The summed E-state index contributed by atoms with van der Waals surface area (Å²) in [7, 11) is 0. The van der Waals surface area contributed by atoms with Crippen LogP contribution in [0.2, 0.25) is 0 Å². The van der Waals surface area contributed by atoms with Crippen molar-refractivity contribution in [2.24, 2.45) is 5.92 Å². The first-order chi connectivity index (χ1) is 8.45. The lowest BCUT2D eigenvalue weighted by molar-refractivity contribution is -0.140. The van der Waals surface area contributed by atoms with Gasteiger partial charge in [-0.2, -0.15) is 0 Å². The highest BCUT2D eigenvalue weighted by molar-refractivity contribution is 5.96. The van der Waals surface area contributed by atoms with E-state index in [0.717, 1.165) is 5.56 Å². The number of nitrogens with one attached hydrogen (secondary N) is 1. The van der Waals surface area contributed by atoms with Gasteiger partial charge >= 0.3 is 5.97 Å². The van der Waals surface area contributed by atoms with Crippen molar-refractivity contribution < 1.29 is 14.7 Å². The number of carbonyl (C=O) groups excluding carboxylic acids is 1. The van der Waals surface area contributed by atoms with Gasteiger partial charge in [0.1, 0.15) is 6.04 Å². The summed E-state index contributed by atoms with van der Waals surface area (Å²) in [5, 5.41) is 11.7. The Morgan fingerprint density at radius 2 is 2.06 bits per heavy atom. The minimum Gasteiger partial charge on any atom is -0.480 e. The molecule has 0 aliphatic carbocycles. The Balaban J connectivity index is 2.82. The summed E-state index contributed by atoms with van der Waals surface area (Å²) in [6.07, 6.45) is 0.699. The summed E-state index contributed by atoms with van der Waals surface area (Å²) in [5.74, 6) is -1.44. The summed E-state index contributed by atoms with van der Waals surface area (Å²) in [6, 6.07) is 6.24. The van der Waals surface area contributed by atoms with Crippen molar-refractivity contribution in [3.05, 3.63) is 35.4 Å². The van der Waals surface area contributed by atoms with E-state index in [2.05, 4.69) is 5.32 Å². The van der Waals surface area contributed by atoms with Gasteiger partial charge in [-0.05, 0) is 25.0 Å². The smallest absolute Gasteiger partial charge is 0.326 e. The number of carboxylic acid groups (broad SMARTS) is 1. The highest BCUT2D eigenvalue weighted by Gasteiger charge is 2.25. The van der Waals surface area contributed by atoms with Crippen LogP contribution in [0.25, 0.3) is 0 Å². The Kier molecular flexibility index (Phi) is 4.89. The van der Waals surface area contributed by atoms with Gasteiger partial charge in [-0.25, -0.2) is 4.79 Å². The Bertz CT molecular complexity index is 442. The molecule has 1 aromatic rings. The zero-order chi connectivity index (χ0) is 13.7. The predicted molar refractivity (Wildman–Crippen MR) is 69.5 cm³/mol. The average Bonchev–Trinajstić information content (AvgIpc) is 2.34. The Hall–Kier alpha value is -1.84. The van der Waals surface area contributed by atoms with Crippen LogP contribution in [0.1, 0.15) is 36.2 Å². The van der Waals surface area contributed by atoms with Gasteiger partial charge in [-0.3, -0.25) is 4.79 Å². The van der Waals surface area contributed by atoms with E-state index in [1.54, 1.807) is 18.2 Å². The number of aryl methyl sites for hydroxylation is 1. The molecular weight excluding hydrogens is 230 g/mol. The second kappa shape index (κ2) is 6.19. The zero-order valence-electron chi connectivity index (χ0n) is 10.9. The molecule has 18 heavy (non-hydrogen) atoms. The van der Waals surface area contributed by atoms with E-state index in [9.17, 15) is 9.59 Å². The van der Waals surface area contributed by atoms with E-state index in [1.165, 1.54) is 0 Å². The van der Waals surface area contributed by atoms with Gasteiger partial charge < -0.3 is 10.4 Å². The average molecular weight is 249 g/mol. The second-order valence-electron chi connectivity index (χ2n) is 4.54. The molecule has 1 amide bonds. The third-order valence-corrected chi connectivity index (χ3v) is 3.05. The van der Waals surface area contributed by atoms with Gasteiger partial charge in [0.15, 0.2) is 0 Å². The fourth-order valence-electron chi connectivity index (χ4n) is 1.69. The maximum atomic E-state index is 12.0. The molecule has 2 atom stereocenters. The van der Waals surface area contributed by atoms with Crippen LogP contribution in [0.5, 0.6) is 0 Å². The maximum Gasteiger partial charge on any atom is 0.326 e. The normalized spacial score (nSPS) is 13.7. The molecule has 0 saturated carbocycles. The molecule has 0 aliphatic rings. The lowest BCUT2D eigenvalue weighted by atomic mass is 9.99. The molecule has 4 nitrogen and oxygen atoms in total. The molecule has 0 bridgehead atoms. The van der Waals surface area contributed by atoms with Crippen LogP contribution in [0, 0.1) is 12.8 Å². The molecular formula is C14H19NO3. The van der Waals surface area contributed by atoms with Crippen LogP contribution in [-0.2, 0) is 4.79 Å². The third-order valence-electron chi connectivity index (χ3n) is 3.05. The maximum absolute atomic E-state index is 12.0. The second-order valence-corrected chi connectivity index (χ2v) is 4.54. The standard InChI is InChI=1S/C14H19NO3/c1-4-10(3)12(14(17)18)15-13(16)11-7-5-6-9(2)8-11/h5-8,10,12H,4H2,1-3H3,(H,15,16)(H,17,18). The number of benzene rings is 1. The molecule has 0 aliphatic heterocycles. The van der Waals surface area contributed by atoms with E-state index >= 15 is 0 Å².